The normalized spacial score (nSPS) is 22.2. The Labute approximate surface area is 368 Å². The predicted molar refractivity (Wildman–Crippen MR) is 240 cm³/mol. The van der Waals surface area contributed by atoms with Gasteiger partial charge in [0.1, 0.15) is 43.2 Å². The minimum absolute atomic E-state index is 0.0947. The molecule has 0 heterocycles. The molecule has 1 fully saturated rings. The van der Waals surface area contributed by atoms with Crippen LogP contribution >= 0.6 is 7.82 Å². The second kappa shape index (κ2) is 37.7. The Morgan fingerprint density at radius 1 is 0.508 bits per heavy atom. The molecule has 0 aromatic rings. The predicted octanol–water partition coefficient (Wildman–Crippen LogP) is 9.62. The average Bonchev–Trinajstić information content (AvgIpc) is 3.24. The molecule has 6 atom stereocenters. The van der Waals surface area contributed by atoms with Crippen LogP contribution in [0.2, 0.25) is 0 Å². The first-order valence-corrected chi connectivity index (χ1v) is 25.6. The number of aliphatic hydroxyl groups is 5. The van der Waals surface area contributed by atoms with E-state index < -0.39 is 75.7 Å². The van der Waals surface area contributed by atoms with E-state index in [1.54, 1.807) is 0 Å². The van der Waals surface area contributed by atoms with Gasteiger partial charge in [0.25, 0.3) is 0 Å². The van der Waals surface area contributed by atoms with Gasteiger partial charge in [0.15, 0.2) is 6.10 Å². The number of allylic oxidation sites excluding steroid dienone is 4. The van der Waals surface area contributed by atoms with Crippen LogP contribution in [0, 0.1) is 0 Å². The van der Waals surface area contributed by atoms with Gasteiger partial charge in [-0.25, -0.2) is 4.57 Å². The molecule has 1 aliphatic rings. The smallest absolute Gasteiger partial charge is 0.462 e. The van der Waals surface area contributed by atoms with Crippen molar-refractivity contribution in [3.63, 3.8) is 0 Å². The van der Waals surface area contributed by atoms with Crippen LogP contribution in [0.15, 0.2) is 24.3 Å². The molecule has 13 nitrogen and oxygen atoms in total. The first kappa shape index (κ1) is 57.3. The standard InChI is InChI=1S/C47H87O13P/c1-3-5-7-9-11-13-15-17-18-19-20-21-22-24-26-28-30-32-34-36-41(49)59-39(38-58-61(55,56)60-47-45(53)43(51)42(50)44(52)46(47)54)37-57-40(48)35-33-31-29-27-25-23-16-14-12-10-8-6-4-2/h11,13,17-18,39,42-47,50-54H,3-10,12,14-16,19-38H2,1-2H3,(H,55,56). The summed E-state index contributed by atoms with van der Waals surface area (Å²) in [6.45, 7) is 3.28. The zero-order valence-corrected chi connectivity index (χ0v) is 38.9. The molecular formula is C47H87O13P. The van der Waals surface area contributed by atoms with E-state index in [9.17, 15) is 44.6 Å². The van der Waals surface area contributed by atoms with E-state index in [-0.39, 0.29) is 12.8 Å². The number of aliphatic hydroxyl groups excluding tert-OH is 5. The molecular weight excluding hydrogens is 803 g/mol. The van der Waals surface area contributed by atoms with Gasteiger partial charge in [-0.3, -0.25) is 18.6 Å². The van der Waals surface area contributed by atoms with E-state index in [0.29, 0.717) is 12.8 Å². The molecule has 0 saturated heterocycles. The zero-order chi connectivity index (χ0) is 45.0. The maximum absolute atomic E-state index is 12.8. The van der Waals surface area contributed by atoms with E-state index in [1.165, 1.54) is 109 Å². The van der Waals surface area contributed by atoms with Gasteiger partial charge in [-0.2, -0.15) is 0 Å². The molecule has 61 heavy (non-hydrogen) atoms. The fraction of sp³-hybridized carbons (Fsp3) is 0.872. The van der Waals surface area contributed by atoms with Crippen molar-refractivity contribution in [3.8, 4) is 0 Å². The number of carbonyl (C=O) groups excluding carboxylic acids is 2. The molecule has 14 heteroatoms. The van der Waals surface area contributed by atoms with Gasteiger partial charge in [-0.1, -0.05) is 173 Å². The monoisotopic (exact) mass is 891 g/mol. The summed E-state index contributed by atoms with van der Waals surface area (Å²) in [5, 5.41) is 50.2. The lowest BCUT2D eigenvalue weighted by Gasteiger charge is -2.41. The highest BCUT2D eigenvalue weighted by molar-refractivity contribution is 7.47. The van der Waals surface area contributed by atoms with Crippen LogP contribution in [0.5, 0.6) is 0 Å². The van der Waals surface area contributed by atoms with Crippen LogP contribution in [0.25, 0.3) is 0 Å². The van der Waals surface area contributed by atoms with Crippen LogP contribution in [0.4, 0.5) is 0 Å². The van der Waals surface area contributed by atoms with Crippen LogP contribution in [0.1, 0.15) is 206 Å². The Morgan fingerprint density at radius 2 is 0.885 bits per heavy atom. The molecule has 6 N–H and O–H groups in total. The third kappa shape index (κ3) is 30.2. The number of unbranched alkanes of at least 4 members (excludes halogenated alkanes) is 24. The molecule has 1 rings (SSSR count). The number of phosphoric acid groups is 1. The molecule has 0 aromatic carbocycles. The summed E-state index contributed by atoms with van der Waals surface area (Å²) in [7, 11) is -5.12. The van der Waals surface area contributed by atoms with Gasteiger partial charge in [0, 0.05) is 12.8 Å². The van der Waals surface area contributed by atoms with Crippen molar-refractivity contribution < 1.29 is 63.1 Å². The molecule has 0 spiro atoms. The van der Waals surface area contributed by atoms with Crippen molar-refractivity contribution in [2.45, 2.75) is 249 Å². The van der Waals surface area contributed by atoms with E-state index in [0.717, 1.165) is 57.8 Å². The van der Waals surface area contributed by atoms with Crippen LogP contribution in [0.3, 0.4) is 0 Å². The summed E-state index contributed by atoms with van der Waals surface area (Å²) in [5.74, 6) is -1.10. The van der Waals surface area contributed by atoms with Gasteiger partial charge in [-0.05, 0) is 44.9 Å². The minimum Gasteiger partial charge on any atom is -0.462 e. The molecule has 0 amide bonds. The summed E-state index contributed by atoms with van der Waals surface area (Å²) < 4.78 is 33.6. The lowest BCUT2D eigenvalue weighted by Crippen LogP contribution is -2.64. The van der Waals surface area contributed by atoms with E-state index >= 15 is 0 Å². The van der Waals surface area contributed by atoms with Gasteiger partial charge in [-0.15, -0.1) is 0 Å². The maximum atomic E-state index is 12.8. The summed E-state index contributed by atoms with van der Waals surface area (Å²) in [4.78, 5) is 35.7. The fourth-order valence-electron chi connectivity index (χ4n) is 7.38. The molecule has 1 saturated carbocycles. The van der Waals surface area contributed by atoms with Crippen molar-refractivity contribution in [1.82, 2.24) is 0 Å². The summed E-state index contributed by atoms with van der Waals surface area (Å²) >= 11 is 0. The van der Waals surface area contributed by atoms with Crippen molar-refractivity contribution in [3.05, 3.63) is 24.3 Å². The number of esters is 2. The lowest BCUT2D eigenvalue weighted by atomic mass is 9.85. The SMILES string of the molecule is CCCCCC=CCC=CCCCCCCCCCCCC(=O)OC(COC(=O)CCCCCCCCCCCCCCC)COP(=O)(O)OC1C(O)C(O)C(O)C(O)C1O. The third-order valence-electron chi connectivity index (χ3n) is 11.3. The number of phosphoric ester groups is 1. The zero-order valence-electron chi connectivity index (χ0n) is 38.0. The number of hydrogen-bond acceptors (Lipinski definition) is 12. The molecule has 0 aromatic heterocycles. The van der Waals surface area contributed by atoms with Crippen molar-refractivity contribution in [2.75, 3.05) is 13.2 Å². The van der Waals surface area contributed by atoms with Crippen LogP contribution in [-0.2, 0) is 32.7 Å². The molecule has 0 aliphatic heterocycles. The highest BCUT2D eigenvalue weighted by atomic mass is 31.2. The number of carbonyl (C=O) groups is 2. The largest absolute Gasteiger partial charge is 0.472 e. The van der Waals surface area contributed by atoms with Gasteiger partial charge in [0.05, 0.1) is 6.61 Å². The second-order valence-electron chi connectivity index (χ2n) is 17.0. The quantitative estimate of drug-likeness (QED) is 0.0147. The van der Waals surface area contributed by atoms with Crippen LogP contribution in [-0.4, -0.2) is 98.3 Å². The molecule has 0 radical (unpaired) electrons. The molecule has 6 unspecified atom stereocenters. The van der Waals surface area contributed by atoms with E-state index in [2.05, 4.69) is 38.2 Å². The summed E-state index contributed by atoms with van der Waals surface area (Å²) in [6, 6.07) is 0. The number of ether oxygens (including phenoxy) is 2. The molecule has 1 aliphatic carbocycles. The number of hydrogen-bond donors (Lipinski definition) is 6. The van der Waals surface area contributed by atoms with Gasteiger partial charge >= 0.3 is 19.8 Å². The van der Waals surface area contributed by atoms with Gasteiger partial charge < -0.3 is 39.9 Å². The second-order valence-corrected chi connectivity index (χ2v) is 18.4. The Kier molecular flexibility index (Phi) is 35.4. The van der Waals surface area contributed by atoms with E-state index in [1.807, 2.05) is 0 Å². The summed E-state index contributed by atoms with van der Waals surface area (Å²) in [5.41, 5.74) is 0. The highest BCUT2D eigenvalue weighted by Gasteiger charge is 2.51. The minimum atomic E-state index is -5.12. The van der Waals surface area contributed by atoms with Gasteiger partial charge in [0.2, 0.25) is 0 Å². The molecule has 358 valence electrons. The topological polar surface area (TPSA) is 210 Å². The van der Waals surface area contributed by atoms with Crippen molar-refractivity contribution in [1.29, 1.82) is 0 Å². The fourth-order valence-corrected chi connectivity index (χ4v) is 8.35. The third-order valence-corrected chi connectivity index (χ3v) is 12.3. The number of rotatable bonds is 40. The van der Waals surface area contributed by atoms with E-state index in [4.69, 9.17) is 18.5 Å². The summed E-state index contributed by atoms with van der Waals surface area (Å²) in [6.07, 6.45) is 28.0. The van der Waals surface area contributed by atoms with Crippen molar-refractivity contribution in [2.24, 2.45) is 0 Å². The average molecular weight is 891 g/mol. The molecule has 0 bridgehead atoms. The lowest BCUT2D eigenvalue weighted by molar-refractivity contribution is -0.220. The first-order valence-electron chi connectivity index (χ1n) is 24.1. The Balaban J connectivity index is 2.42. The van der Waals surface area contributed by atoms with Crippen LogP contribution < -0.4 is 0 Å². The highest BCUT2D eigenvalue weighted by Crippen LogP contribution is 2.47. The van der Waals surface area contributed by atoms with Crippen molar-refractivity contribution >= 4 is 19.8 Å². The Hall–Kier alpha value is -1.67. The maximum Gasteiger partial charge on any atom is 0.472 e. The Bertz CT molecular complexity index is 1170. The first-order chi connectivity index (χ1) is 29.4. The Morgan fingerprint density at radius 3 is 1.36 bits per heavy atom.